The molecule has 0 aliphatic heterocycles. The Bertz CT molecular complexity index is 384. The highest BCUT2D eigenvalue weighted by Crippen LogP contribution is 2.21. The zero-order valence-electron chi connectivity index (χ0n) is 11.5. The lowest BCUT2D eigenvalue weighted by Crippen LogP contribution is -2.46. The molecule has 0 radical (unpaired) electrons. The van der Waals surface area contributed by atoms with Gasteiger partial charge in [-0.25, -0.2) is 4.39 Å². The molecule has 3 nitrogen and oxygen atoms in total. The Kier molecular flexibility index (Phi) is 7.53. The van der Waals surface area contributed by atoms with Crippen LogP contribution in [-0.4, -0.2) is 18.8 Å². The van der Waals surface area contributed by atoms with E-state index < -0.39 is 0 Å². The normalized spacial score (nSPS) is 14.4. The Balaban J connectivity index is 2.78. The summed E-state index contributed by atoms with van der Waals surface area (Å²) in [6, 6.07) is 4.72. The number of nitrogens with one attached hydrogen (secondary N) is 1. The third kappa shape index (κ3) is 5.18. The molecule has 3 N–H and O–H groups in total. The van der Waals surface area contributed by atoms with Crippen LogP contribution in [0, 0.1) is 5.82 Å². The van der Waals surface area contributed by atoms with Gasteiger partial charge in [0.25, 0.3) is 0 Å². The first-order chi connectivity index (χ1) is 9.12. The quantitative estimate of drug-likeness (QED) is 0.567. The van der Waals surface area contributed by atoms with Crippen molar-refractivity contribution in [3.63, 3.8) is 0 Å². The minimum Gasteiger partial charge on any atom is -0.377 e. The van der Waals surface area contributed by atoms with Crippen molar-refractivity contribution >= 4 is 15.9 Å². The number of hydrogen-bond acceptors (Lipinski definition) is 3. The fraction of sp³-hybridized carbons (Fsp3) is 0.571. The van der Waals surface area contributed by atoms with E-state index in [0.29, 0.717) is 13.0 Å². The van der Waals surface area contributed by atoms with Gasteiger partial charge in [0.1, 0.15) is 5.82 Å². The van der Waals surface area contributed by atoms with Gasteiger partial charge in [-0.05, 0) is 37.5 Å². The predicted molar refractivity (Wildman–Crippen MR) is 79.2 cm³/mol. The molecule has 0 aliphatic carbocycles. The minimum atomic E-state index is -0.247. The molecule has 5 heteroatoms. The van der Waals surface area contributed by atoms with Gasteiger partial charge in [0.05, 0.1) is 12.1 Å². The molecule has 0 fully saturated rings. The zero-order valence-corrected chi connectivity index (χ0v) is 13.0. The van der Waals surface area contributed by atoms with E-state index in [1.54, 1.807) is 6.07 Å². The van der Waals surface area contributed by atoms with Crippen molar-refractivity contribution in [3.05, 3.63) is 34.1 Å². The van der Waals surface area contributed by atoms with Crippen molar-refractivity contribution in [2.45, 2.75) is 45.3 Å². The summed E-state index contributed by atoms with van der Waals surface area (Å²) >= 11 is 3.38. The Hall–Kier alpha value is -0.490. The molecule has 19 heavy (non-hydrogen) atoms. The molecule has 1 aromatic rings. The van der Waals surface area contributed by atoms with Gasteiger partial charge >= 0.3 is 0 Å². The van der Waals surface area contributed by atoms with Gasteiger partial charge < -0.3 is 4.74 Å². The highest BCUT2D eigenvalue weighted by Gasteiger charge is 2.21. The molecule has 108 valence electrons. The molecule has 0 bridgehead atoms. The van der Waals surface area contributed by atoms with Crippen LogP contribution in [0.15, 0.2) is 22.7 Å². The zero-order chi connectivity index (χ0) is 14.3. The molecular formula is C14H22BrFN2O. The van der Waals surface area contributed by atoms with Crippen molar-refractivity contribution in [1.82, 2.24) is 5.43 Å². The summed E-state index contributed by atoms with van der Waals surface area (Å²) in [6.07, 6.45) is 2.74. The molecule has 0 saturated heterocycles. The van der Waals surface area contributed by atoms with E-state index >= 15 is 0 Å². The lowest BCUT2D eigenvalue weighted by molar-refractivity contribution is 0.0281. The second-order valence-electron chi connectivity index (χ2n) is 4.50. The van der Waals surface area contributed by atoms with Crippen LogP contribution in [0.2, 0.25) is 0 Å². The number of halogens is 2. The number of nitrogens with two attached hydrogens (primary N) is 1. The van der Waals surface area contributed by atoms with Crippen LogP contribution < -0.4 is 11.3 Å². The molecule has 1 rings (SSSR count). The summed E-state index contributed by atoms with van der Waals surface area (Å²) in [7, 11) is 0. The van der Waals surface area contributed by atoms with Crippen LogP contribution in [-0.2, 0) is 11.2 Å². The van der Waals surface area contributed by atoms with E-state index in [1.807, 2.05) is 6.92 Å². The smallest absolute Gasteiger partial charge is 0.124 e. The van der Waals surface area contributed by atoms with E-state index in [1.165, 1.54) is 12.1 Å². The van der Waals surface area contributed by atoms with E-state index in [4.69, 9.17) is 10.6 Å². The number of rotatable bonds is 8. The van der Waals surface area contributed by atoms with Gasteiger partial charge in [0, 0.05) is 11.1 Å². The summed E-state index contributed by atoms with van der Waals surface area (Å²) in [5, 5.41) is 0. The average molecular weight is 333 g/mol. The lowest BCUT2D eigenvalue weighted by atomic mass is 9.99. The summed E-state index contributed by atoms with van der Waals surface area (Å²) in [5.41, 5.74) is 3.84. The number of hydrazine groups is 1. The van der Waals surface area contributed by atoms with E-state index in [9.17, 15) is 4.39 Å². The molecule has 2 atom stereocenters. The minimum absolute atomic E-state index is 0.0154. The lowest BCUT2D eigenvalue weighted by Gasteiger charge is -2.26. The van der Waals surface area contributed by atoms with Gasteiger partial charge in [-0.3, -0.25) is 11.3 Å². The molecule has 0 spiro atoms. The third-order valence-corrected chi connectivity index (χ3v) is 3.81. The summed E-state index contributed by atoms with van der Waals surface area (Å²) in [4.78, 5) is 0. The van der Waals surface area contributed by atoms with Gasteiger partial charge in [-0.1, -0.05) is 35.3 Å². The Labute approximate surface area is 122 Å². The fourth-order valence-electron chi connectivity index (χ4n) is 2.12. The van der Waals surface area contributed by atoms with Crippen molar-refractivity contribution in [2.75, 3.05) is 6.61 Å². The number of ether oxygens (including phenoxy) is 1. The first-order valence-corrected chi connectivity index (χ1v) is 7.43. The van der Waals surface area contributed by atoms with Crippen molar-refractivity contribution in [2.24, 2.45) is 5.84 Å². The fourth-order valence-corrected chi connectivity index (χ4v) is 2.63. The maximum atomic E-state index is 13.1. The molecule has 1 aromatic carbocycles. The Morgan fingerprint density at radius 1 is 1.42 bits per heavy atom. The van der Waals surface area contributed by atoms with E-state index in [2.05, 4.69) is 28.3 Å². The molecule has 0 aromatic heterocycles. The summed E-state index contributed by atoms with van der Waals surface area (Å²) in [5.74, 6) is 5.40. The first-order valence-electron chi connectivity index (χ1n) is 6.64. The maximum Gasteiger partial charge on any atom is 0.124 e. The van der Waals surface area contributed by atoms with Crippen molar-refractivity contribution in [3.8, 4) is 0 Å². The average Bonchev–Trinajstić information content (AvgIpc) is 2.38. The van der Waals surface area contributed by atoms with Gasteiger partial charge in [0.2, 0.25) is 0 Å². The highest BCUT2D eigenvalue weighted by atomic mass is 79.9. The summed E-state index contributed by atoms with van der Waals surface area (Å²) in [6.45, 7) is 4.75. The second kappa shape index (κ2) is 8.64. The highest BCUT2D eigenvalue weighted by molar-refractivity contribution is 9.10. The molecule has 0 saturated carbocycles. The van der Waals surface area contributed by atoms with Crippen LogP contribution in [0.5, 0.6) is 0 Å². The topological polar surface area (TPSA) is 47.3 Å². The largest absolute Gasteiger partial charge is 0.377 e. The van der Waals surface area contributed by atoms with E-state index in [0.717, 1.165) is 22.9 Å². The molecule has 0 amide bonds. The van der Waals surface area contributed by atoms with Crippen molar-refractivity contribution < 1.29 is 9.13 Å². The standard InChI is InChI=1S/C14H22BrFN2O/c1-3-5-14(19-4-2)13(18-17)8-10-6-7-11(16)9-12(10)15/h6-7,9,13-14,18H,3-5,8,17H2,1-2H3. The van der Waals surface area contributed by atoms with Crippen molar-refractivity contribution in [1.29, 1.82) is 0 Å². The second-order valence-corrected chi connectivity index (χ2v) is 5.35. The third-order valence-electron chi connectivity index (χ3n) is 3.07. The maximum absolute atomic E-state index is 13.1. The molecular weight excluding hydrogens is 311 g/mol. The predicted octanol–water partition coefficient (Wildman–Crippen LogP) is 3.17. The molecule has 0 heterocycles. The van der Waals surface area contributed by atoms with Crippen LogP contribution in [0.25, 0.3) is 0 Å². The number of benzene rings is 1. The van der Waals surface area contributed by atoms with Crippen LogP contribution >= 0.6 is 15.9 Å². The number of hydrogen-bond donors (Lipinski definition) is 2. The Morgan fingerprint density at radius 3 is 2.68 bits per heavy atom. The van der Waals surface area contributed by atoms with E-state index in [-0.39, 0.29) is 18.0 Å². The van der Waals surface area contributed by atoms with Crippen LogP contribution in [0.1, 0.15) is 32.3 Å². The van der Waals surface area contributed by atoms with Gasteiger partial charge in [-0.2, -0.15) is 0 Å². The monoisotopic (exact) mass is 332 g/mol. The van der Waals surface area contributed by atoms with Crippen LogP contribution in [0.4, 0.5) is 4.39 Å². The van der Waals surface area contributed by atoms with Gasteiger partial charge in [0.15, 0.2) is 0 Å². The molecule has 0 aliphatic rings. The first kappa shape index (κ1) is 16.6. The van der Waals surface area contributed by atoms with Gasteiger partial charge in [-0.15, -0.1) is 0 Å². The molecule has 2 unspecified atom stereocenters. The van der Waals surface area contributed by atoms with Crippen LogP contribution in [0.3, 0.4) is 0 Å². The SMILES string of the molecule is CCCC(OCC)C(Cc1ccc(F)cc1Br)NN. The Morgan fingerprint density at radius 2 is 2.16 bits per heavy atom. The summed E-state index contributed by atoms with van der Waals surface area (Å²) < 4.78 is 19.6.